The first-order chi connectivity index (χ1) is 15.7. The second-order valence-corrected chi connectivity index (χ2v) is 10.4. The van der Waals surface area contributed by atoms with Crippen LogP contribution in [0.1, 0.15) is 25.3 Å². The molecule has 10 nitrogen and oxygen atoms in total. The van der Waals surface area contributed by atoms with Crippen LogP contribution >= 0.6 is 11.3 Å². The number of aromatic nitrogens is 2. The summed E-state index contributed by atoms with van der Waals surface area (Å²) in [6.07, 6.45) is 1.82. The monoisotopic (exact) mass is 491 g/mol. The van der Waals surface area contributed by atoms with Gasteiger partial charge in [-0.3, -0.25) is 4.79 Å². The number of carboxylic acids is 1. The fourth-order valence-corrected chi connectivity index (χ4v) is 6.56. The first-order valence-corrected chi connectivity index (χ1v) is 12.3. The number of aliphatic carboxylic acids is 1. The Hall–Kier alpha value is -3.22. The molecule has 4 rings (SSSR count). The number of hydrogen-bond acceptors (Lipinski definition) is 8. The van der Waals surface area contributed by atoms with Crippen molar-refractivity contribution in [3.8, 4) is 10.8 Å². The van der Waals surface area contributed by atoms with E-state index < -0.39 is 39.5 Å². The number of benzene rings is 1. The summed E-state index contributed by atoms with van der Waals surface area (Å²) in [5, 5.41) is 14.4. The number of nitrogens with zero attached hydrogens (tertiary/aromatic N) is 2. The summed E-state index contributed by atoms with van der Waals surface area (Å²) < 4.78 is 39.6. The summed E-state index contributed by atoms with van der Waals surface area (Å²) >= 11 is 0.899. The maximum absolute atomic E-state index is 13.1. The van der Waals surface area contributed by atoms with Crippen molar-refractivity contribution in [2.75, 3.05) is 6.61 Å². The Labute approximate surface area is 193 Å². The van der Waals surface area contributed by atoms with Gasteiger partial charge in [-0.1, -0.05) is 37.3 Å². The van der Waals surface area contributed by atoms with Gasteiger partial charge in [0, 0.05) is 5.92 Å². The number of hydrogen-bond donors (Lipinski definition) is 2. The number of rotatable bonds is 8. The first kappa shape index (κ1) is 23.0. The largest absolute Gasteiger partial charge is 0.513 e. The van der Waals surface area contributed by atoms with Crippen LogP contribution in [0.4, 0.5) is 4.79 Å². The van der Waals surface area contributed by atoms with Crippen molar-refractivity contribution in [2.45, 2.75) is 29.5 Å². The van der Waals surface area contributed by atoms with Crippen LogP contribution in [0, 0.1) is 5.92 Å². The van der Waals surface area contributed by atoms with E-state index in [-0.39, 0.29) is 16.6 Å². The molecule has 0 bridgehead atoms. The second-order valence-electron chi connectivity index (χ2n) is 7.46. The summed E-state index contributed by atoms with van der Waals surface area (Å²) in [6.45, 7) is 3.52. The van der Waals surface area contributed by atoms with Gasteiger partial charge in [0.05, 0.1) is 19.0 Å². The van der Waals surface area contributed by atoms with E-state index in [1.807, 2.05) is 6.07 Å². The summed E-state index contributed by atoms with van der Waals surface area (Å²) in [7, 11) is -4.14. The molecule has 174 valence electrons. The Balaban J connectivity index is 1.55. The predicted molar refractivity (Wildman–Crippen MR) is 118 cm³/mol. The molecular weight excluding hydrogens is 470 g/mol. The quantitative estimate of drug-likeness (QED) is 0.459. The van der Waals surface area contributed by atoms with Crippen LogP contribution in [-0.2, 0) is 19.6 Å². The molecule has 12 heteroatoms. The molecule has 2 aromatic heterocycles. The van der Waals surface area contributed by atoms with E-state index in [2.05, 4.69) is 9.82 Å². The third-order valence-corrected chi connectivity index (χ3v) is 8.55. The van der Waals surface area contributed by atoms with Crippen molar-refractivity contribution in [3.05, 3.63) is 60.4 Å². The highest BCUT2D eigenvalue weighted by molar-refractivity contribution is 7.91. The van der Waals surface area contributed by atoms with Crippen LogP contribution in [0.3, 0.4) is 0 Å². The minimum Gasteiger partial charge on any atom is -0.480 e. The van der Waals surface area contributed by atoms with E-state index in [1.54, 1.807) is 38.1 Å². The van der Waals surface area contributed by atoms with E-state index in [0.717, 1.165) is 16.9 Å². The number of ether oxygens (including phenoxy) is 2. The molecule has 0 radical (unpaired) electrons. The fourth-order valence-electron chi connectivity index (χ4n) is 3.87. The molecule has 1 aliphatic rings. The third kappa shape index (κ3) is 4.24. The van der Waals surface area contributed by atoms with Crippen LogP contribution in [-0.4, -0.2) is 47.6 Å². The molecule has 1 fully saturated rings. The van der Waals surface area contributed by atoms with Crippen LogP contribution in [0.25, 0.3) is 5.00 Å². The Morgan fingerprint density at radius 3 is 2.64 bits per heavy atom. The van der Waals surface area contributed by atoms with Gasteiger partial charge in [0.25, 0.3) is 10.0 Å². The minimum atomic E-state index is -4.14. The average Bonchev–Trinajstić information content (AvgIpc) is 3.18. The molecule has 2 heterocycles. The van der Waals surface area contributed by atoms with Gasteiger partial charge < -0.3 is 14.6 Å². The minimum absolute atomic E-state index is 0.0626. The summed E-state index contributed by atoms with van der Waals surface area (Å²) in [5.41, 5.74) is -0.871. The molecule has 1 saturated carbocycles. The predicted octanol–water partition coefficient (Wildman–Crippen LogP) is 3.00. The smallest absolute Gasteiger partial charge is 0.480 e. The molecule has 3 aromatic rings. The average molecular weight is 492 g/mol. The van der Waals surface area contributed by atoms with Gasteiger partial charge in [-0.2, -0.15) is 9.82 Å². The number of nitrogens with one attached hydrogen (secondary N) is 1. The molecule has 1 aliphatic carbocycles. The van der Waals surface area contributed by atoms with Gasteiger partial charge in [-0.25, -0.2) is 17.9 Å². The van der Waals surface area contributed by atoms with E-state index in [9.17, 15) is 23.1 Å². The van der Waals surface area contributed by atoms with Crippen molar-refractivity contribution in [1.29, 1.82) is 0 Å². The maximum Gasteiger partial charge on any atom is 0.513 e. The van der Waals surface area contributed by atoms with Gasteiger partial charge in [-0.05, 0) is 30.5 Å². The maximum atomic E-state index is 13.1. The highest BCUT2D eigenvalue weighted by Crippen LogP contribution is 2.58. The Kier molecular flexibility index (Phi) is 5.99. The van der Waals surface area contributed by atoms with E-state index in [1.165, 1.54) is 29.2 Å². The first-order valence-electron chi connectivity index (χ1n) is 10.0. The van der Waals surface area contributed by atoms with Crippen molar-refractivity contribution in [3.63, 3.8) is 0 Å². The molecule has 1 aromatic carbocycles. The zero-order valence-corrected chi connectivity index (χ0v) is 19.3. The highest BCUT2D eigenvalue weighted by Gasteiger charge is 2.70. The van der Waals surface area contributed by atoms with Gasteiger partial charge in [0.15, 0.2) is 5.75 Å². The number of thiophene rings is 1. The Morgan fingerprint density at radius 1 is 1.24 bits per heavy atom. The highest BCUT2D eigenvalue weighted by atomic mass is 32.2. The third-order valence-electron chi connectivity index (χ3n) is 5.50. The zero-order valence-electron chi connectivity index (χ0n) is 17.7. The summed E-state index contributed by atoms with van der Waals surface area (Å²) in [5.74, 6) is -2.01. The molecule has 0 aliphatic heterocycles. The molecule has 0 saturated heterocycles. The van der Waals surface area contributed by atoms with Crippen LogP contribution in [0.15, 0.2) is 59.1 Å². The summed E-state index contributed by atoms with van der Waals surface area (Å²) in [6, 6.07) is 11.9. The van der Waals surface area contributed by atoms with E-state index in [4.69, 9.17) is 9.47 Å². The Morgan fingerprint density at radius 2 is 1.97 bits per heavy atom. The number of carbonyl (C=O) groups is 2. The molecule has 2 N–H and O–H groups in total. The Bertz CT molecular complexity index is 1290. The van der Waals surface area contributed by atoms with E-state index >= 15 is 0 Å². The van der Waals surface area contributed by atoms with Crippen LogP contribution in [0.5, 0.6) is 5.75 Å². The zero-order chi connectivity index (χ0) is 23.8. The SMILES string of the molecule is CCOC(=O)Oc1cnn(-c2ccc(S(=O)(=O)N[C@@]3(C(=O)O)[C@H](C)[C@@H]3c3ccccc3)s2)c1. The van der Waals surface area contributed by atoms with Gasteiger partial charge in [-0.15, -0.1) is 11.3 Å². The van der Waals surface area contributed by atoms with Gasteiger partial charge in [0.1, 0.15) is 14.7 Å². The standard InChI is InChI=1S/C21H21N3O7S2/c1-3-30-20(27)31-15-11-22-24(12-15)16-9-10-17(32-16)33(28,29)23-21(19(25)26)13(2)18(21)14-7-5-4-6-8-14/h4-13,18,23H,3H2,1-2H3,(H,25,26)/t13-,18-,21+/m1/s1. The van der Waals surface area contributed by atoms with Crippen molar-refractivity contribution in [1.82, 2.24) is 14.5 Å². The van der Waals surface area contributed by atoms with Gasteiger partial charge >= 0.3 is 12.1 Å². The van der Waals surface area contributed by atoms with Crippen LogP contribution < -0.4 is 9.46 Å². The lowest BCUT2D eigenvalue weighted by Crippen LogP contribution is -2.45. The molecule has 33 heavy (non-hydrogen) atoms. The van der Waals surface area contributed by atoms with E-state index in [0.29, 0.717) is 5.00 Å². The molecule has 3 atom stereocenters. The second kappa shape index (κ2) is 8.61. The molecule has 0 unspecified atom stereocenters. The van der Waals surface area contributed by atoms with Crippen LogP contribution in [0.2, 0.25) is 0 Å². The lowest BCUT2D eigenvalue weighted by atomic mass is 10.1. The molecule has 0 spiro atoms. The molecule has 0 amide bonds. The van der Waals surface area contributed by atoms with Crippen molar-refractivity contribution >= 4 is 33.5 Å². The number of carboxylic acid groups (broad SMARTS) is 1. The normalized spacial score (nSPS) is 22.0. The lowest BCUT2D eigenvalue weighted by molar-refractivity contribution is -0.140. The number of carbonyl (C=O) groups excluding carboxylic acids is 1. The van der Waals surface area contributed by atoms with Crippen molar-refractivity contribution in [2.24, 2.45) is 5.92 Å². The fraction of sp³-hybridized carbons (Fsp3) is 0.286. The number of sulfonamides is 1. The topological polar surface area (TPSA) is 137 Å². The van der Waals surface area contributed by atoms with Crippen molar-refractivity contribution < 1.29 is 32.6 Å². The summed E-state index contributed by atoms with van der Waals surface area (Å²) in [4.78, 5) is 23.6. The lowest BCUT2D eigenvalue weighted by Gasteiger charge is -2.15. The van der Waals surface area contributed by atoms with Gasteiger partial charge in [0.2, 0.25) is 0 Å². The molecular formula is C21H21N3O7S2.